The first kappa shape index (κ1) is 57.7. The van der Waals surface area contributed by atoms with E-state index in [1.165, 1.54) is 164 Å². The van der Waals surface area contributed by atoms with Crippen LogP contribution in [0.3, 0.4) is 0 Å². The van der Waals surface area contributed by atoms with Crippen LogP contribution in [-0.4, -0.2) is 5.92 Å². The second-order valence-electron chi connectivity index (χ2n) is 29.4. The van der Waals surface area contributed by atoms with Crippen molar-refractivity contribution in [3.05, 3.63) is 177 Å². The Labute approximate surface area is 482 Å². The molecule has 78 heavy (non-hydrogen) atoms. The molecule has 2 saturated carbocycles. The zero-order valence-corrected chi connectivity index (χ0v) is 55.5. The van der Waals surface area contributed by atoms with Gasteiger partial charge >= 0.3 is 486 Å². The van der Waals surface area contributed by atoms with E-state index in [1.807, 2.05) is 0 Å². The van der Waals surface area contributed by atoms with Crippen molar-refractivity contribution < 1.29 is 15.6 Å². The third kappa shape index (κ3) is 11.1. The predicted molar refractivity (Wildman–Crippen MR) is 344 cm³/mol. The van der Waals surface area contributed by atoms with Crippen LogP contribution in [0.4, 0.5) is 0 Å². The standard InChI is InChI=1S/2C36H43.C2H7Si.2ClH.Zr/c2*1-35(2,3)29-16-12-27(13-17-29)31-20-21-32(28-14-18-30(19-15-28)36(4,5)6)34-24-26(23-33(31)34)22-25-10-8-7-9-11-25;1-3-2;;;/h2*12-21,23-25H,7-11,22H2,1-6H3;3H,1-2H3;2*1H;/q;;;;;+2/p-2. The summed E-state index contributed by atoms with van der Waals surface area (Å²) in [5.74, 6) is -0.743. The Kier molecular flexibility index (Phi) is 16.0. The van der Waals surface area contributed by atoms with Gasteiger partial charge in [0.1, 0.15) is 0 Å². The zero-order chi connectivity index (χ0) is 55.8. The molecule has 6 aromatic carbocycles. The van der Waals surface area contributed by atoms with Crippen molar-refractivity contribution >= 4 is 35.1 Å². The fourth-order valence-corrected chi connectivity index (χ4v) is 45.7. The second kappa shape index (κ2) is 21.7. The summed E-state index contributed by atoms with van der Waals surface area (Å²) in [7, 11) is 19.6. The van der Waals surface area contributed by atoms with Crippen LogP contribution in [0.15, 0.2) is 132 Å². The molecule has 411 valence electrons. The average molecular weight is 1170 g/mol. The second-order valence-corrected chi connectivity index (χ2v) is 71.9. The number of halogens is 2. The van der Waals surface area contributed by atoms with E-state index in [0.717, 1.165) is 12.8 Å². The van der Waals surface area contributed by atoms with E-state index in [2.05, 4.69) is 230 Å². The summed E-state index contributed by atoms with van der Waals surface area (Å²) < 4.78 is -0.0815. The van der Waals surface area contributed by atoms with E-state index >= 15 is 0 Å². The summed E-state index contributed by atoms with van der Waals surface area (Å²) in [5.41, 5.74) is 24.6. The fraction of sp³-hybridized carbons (Fsp3) is 0.459. The Morgan fingerprint density at radius 1 is 0.372 bits per heavy atom. The Morgan fingerprint density at radius 3 is 0.885 bits per heavy atom. The molecule has 4 heteroatoms. The van der Waals surface area contributed by atoms with Crippen LogP contribution in [0.2, 0.25) is 13.1 Å². The van der Waals surface area contributed by atoms with Crippen LogP contribution in [0.25, 0.3) is 56.7 Å². The van der Waals surface area contributed by atoms with Gasteiger partial charge in [-0.3, -0.25) is 0 Å². The van der Waals surface area contributed by atoms with Crippen LogP contribution in [0.1, 0.15) is 212 Å². The SMILES string of the molecule is C[SiH](C)[Zr]([Cl])([Cl])([CH]1C(CC2CCCCC2)=Cc2c(-c3ccc(C(C)(C)C)cc3)ccc(-c3ccc(C(C)(C)C)cc3)c21)[CH]1C(CC2CCCCC2)=Cc2c(-c3ccc(C(C)(C)C)cc3)ccc(-c3ccc(C(C)(C)C)cc3)c21. The van der Waals surface area contributed by atoms with E-state index in [0.29, 0.717) is 11.8 Å². The maximum absolute atomic E-state index is 9.81. The first-order valence-corrected chi connectivity index (χ1v) is 46.8. The van der Waals surface area contributed by atoms with Gasteiger partial charge in [-0.15, -0.1) is 0 Å². The molecule has 0 N–H and O–H groups in total. The van der Waals surface area contributed by atoms with Crippen molar-refractivity contribution in [3.63, 3.8) is 0 Å². The third-order valence-electron chi connectivity index (χ3n) is 19.5. The van der Waals surface area contributed by atoms with Crippen LogP contribution < -0.4 is 0 Å². The molecule has 4 aliphatic carbocycles. The van der Waals surface area contributed by atoms with Gasteiger partial charge in [-0.2, -0.15) is 0 Å². The van der Waals surface area contributed by atoms with E-state index in [1.54, 1.807) is 0 Å². The van der Waals surface area contributed by atoms with Crippen LogP contribution in [-0.2, 0) is 37.2 Å². The van der Waals surface area contributed by atoms with Gasteiger partial charge in [-0.1, -0.05) is 0 Å². The number of allylic oxidation sites excluding steroid dienone is 2. The minimum atomic E-state index is -5.56. The van der Waals surface area contributed by atoms with Crippen molar-refractivity contribution in [3.8, 4) is 44.5 Å². The number of hydrogen-bond acceptors (Lipinski definition) is 0. The first-order chi connectivity index (χ1) is 36.7. The Bertz CT molecular complexity index is 2990. The third-order valence-corrected chi connectivity index (χ3v) is 71.2. The molecule has 0 nitrogen and oxygen atoms in total. The molecule has 0 amide bonds. The van der Waals surface area contributed by atoms with Crippen LogP contribution >= 0.6 is 17.0 Å². The van der Waals surface area contributed by atoms with Gasteiger partial charge in [-0.25, -0.2) is 0 Å². The number of fused-ring (bicyclic) bond motifs is 2. The molecule has 2 fully saturated rings. The summed E-state index contributed by atoms with van der Waals surface area (Å²) in [6, 6.07) is 48.1. The molecule has 0 aromatic heterocycles. The molecule has 0 saturated heterocycles. The van der Waals surface area contributed by atoms with Crippen molar-refractivity contribution in [2.75, 3.05) is 0 Å². The number of rotatable bonds is 11. The van der Waals surface area contributed by atoms with Gasteiger partial charge in [0.2, 0.25) is 0 Å². The van der Waals surface area contributed by atoms with Gasteiger partial charge in [0.15, 0.2) is 0 Å². The molecule has 4 aliphatic rings. The Hall–Kier alpha value is -3.52. The number of benzene rings is 6. The monoisotopic (exact) mass is 1170 g/mol. The summed E-state index contributed by atoms with van der Waals surface area (Å²) in [6.45, 7) is 33.1. The van der Waals surface area contributed by atoms with Crippen LogP contribution in [0.5, 0.6) is 0 Å². The predicted octanol–water partition coefficient (Wildman–Crippen LogP) is 23.0. The Morgan fingerprint density at radius 2 is 0.628 bits per heavy atom. The molecule has 2 atom stereocenters. The topological polar surface area (TPSA) is 0 Å². The first-order valence-electron chi connectivity index (χ1n) is 30.5. The van der Waals surface area contributed by atoms with Gasteiger partial charge in [-0.05, 0) is 0 Å². The van der Waals surface area contributed by atoms with Crippen molar-refractivity contribution in [2.24, 2.45) is 11.8 Å². The molecule has 2 unspecified atom stereocenters. The Balaban J connectivity index is 1.29. The molecule has 6 aromatic rings. The molecule has 0 radical (unpaired) electrons. The molecule has 0 spiro atoms. The molecular formula is C74H93Cl2SiZr. The maximum atomic E-state index is 9.81. The van der Waals surface area contributed by atoms with E-state index in [4.69, 9.17) is 0 Å². The zero-order valence-electron chi connectivity index (χ0n) is 50.3. The molecule has 10 rings (SSSR count). The van der Waals surface area contributed by atoms with Crippen molar-refractivity contribution in [2.45, 2.75) is 202 Å². The van der Waals surface area contributed by atoms with Gasteiger partial charge in [0.05, 0.1) is 0 Å². The summed E-state index contributed by atoms with van der Waals surface area (Å²) in [6.07, 6.45) is 20.6. The quantitative estimate of drug-likeness (QED) is 0.113. The van der Waals surface area contributed by atoms with Crippen molar-refractivity contribution in [1.82, 2.24) is 0 Å². The van der Waals surface area contributed by atoms with Crippen LogP contribution in [0, 0.1) is 11.8 Å². The van der Waals surface area contributed by atoms with Crippen molar-refractivity contribution in [1.29, 1.82) is 0 Å². The van der Waals surface area contributed by atoms with Gasteiger partial charge in [0.25, 0.3) is 0 Å². The van der Waals surface area contributed by atoms with E-state index in [9.17, 15) is 17.0 Å². The summed E-state index contributed by atoms with van der Waals surface area (Å²) in [5, 5.41) is 0. The molecule has 0 heterocycles. The summed E-state index contributed by atoms with van der Waals surface area (Å²) >= 11 is -5.56. The molecular weight excluding hydrogens is 1080 g/mol. The van der Waals surface area contributed by atoms with Gasteiger partial charge in [0, 0.05) is 0 Å². The van der Waals surface area contributed by atoms with E-state index < -0.39 is 21.5 Å². The summed E-state index contributed by atoms with van der Waals surface area (Å²) in [4.78, 5) is 0. The average Bonchev–Trinajstić information content (AvgIpc) is 4.14. The fourth-order valence-electron chi connectivity index (χ4n) is 14.6. The number of hydrogen-bond donors (Lipinski definition) is 0. The van der Waals surface area contributed by atoms with Gasteiger partial charge < -0.3 is 0 Å². The molecule has 0 aliphatic heterocycles. The normalized spacial score (nSPS) is 19.3. The molecule has 0 bridgehead atoms. The van der Waals surface area contributed by atoms with E-state index in [-0.39, 0.29) is 28.9 Å². The minimum absolute atomic E-state index is 0.0407.